The van der Waals surface area contributed by atoms with Gasteiger partial charge in [-0.3, -0.25) is 19.4 Å². The number of aromatic amines is 1. The van der Waals surface area contributed by atoms with Gasteiger partial charge in [-0.1, -0.05) is 49.2 Å². The number of aromatic hydroxyl groups is 1. The van der Waals surface area contributed by atoms with Gasteiger partial charge >= 0.3 is 0 Å². The van der Waals surface area contributed by atoms with Crippen molar-refractivity contribution in [3.8, 4) is 11.5 Å². The van der Waals surface area contributed by atoms with Crippen molar-refractivity contribution in [3.63, 3.8) is 0 Å². The molecule has 7 rings (SSSR count). The first-order chi connectivity index (χ1) is 27.5. The van der Waals surface area contributed by atoms with Crippen LogP contribution < -0.4 is 20.9 Å². The highest BCUT2D eigenvalue weighted by molar-refractivity contribution is 7.91. The molecule has 1 saturated carbocycles. The number of nitrogens with zero attached hydrogens (tertiary/aromatic N) is 2. The van der Waals surface area contributed by atoms with E-state index in [0.717, 1.165) is 43.3 Å². The van der Waals surface area contributed by atoms with Gasteiger partial charge in [0.15, 0.2) is 0 Å². The zero-order chi connectivity index (χ0) is 39.9. The van der Waals surface area contributed by atoms with E-state index in [-0.39, 0.29) is 45.0 Å². The van der Waals surface area contributed by atoms with E-state index in [1.54, 1.807) is 48.5 Å². The lowest BCUT2D eigenvalue weighted by Crippen LogP contribution is -2.50. The second kappa shape index (κ2) is 17.9. The van der Waals surface area contributed by atoms with Crippen LogP contribution in [0.4, 0.5) is 5.69 Å². The number of ether oxygens (including phenoxy) is 1. The quantitative estimate of drug-likeness (QED) is 0.0662. The van der Waals surface area contributed by atoms with Crippen LogP contribution in [0, 0.1) is 0 Å². The lowest BCUT2D eigenvalue weighted by atomic mass is 10.0. The van der Waals surface area contributed by atoms with Gasteiger partial charge < -0.3 is 30.6 Å². The largest absolute Gasteiger partial charge is 0.506 e. The topological polar surface area (TPSA) is 164 Å². The Morgan fingerprint density at radius 2 is 1.67 bits per heavy atom. The first kappa shape index (κ1) is 39.9. The van der Waals surface area contributed by atoms with Crippen molar-refractivity contribution in [1.82, 2.24) is 20.1 Å². The molecule has 1 aliphatic heterocycles. The van der Waals surface area contributed by atoms with Gasteiger partial charge in [0.05, 0.1) is 27.7 Å². The standard InChI is InChI=1S/C44H49N5O7S/c1-30(48-22-24-49(25-23-48)34-5-2-3-6-34)32-11-15-36(16-12-32)57(54,55)37-8-4-7-35(27-37)56-26-21-43(53)46-33-13-9-31(10-14-33)28-45-29-41(51)38-17-19-40(50)44-39(38)18-20-42(52)47-44/h4,7-21,26-27,30,34,41,45,50-51H,2-3,5-6,22-25,28-29H2,1H3,(H,46,53)(H,47,52)/t30-,41-/m0/s1. The third-order valence-corrected chi connectivity index (χ3v) is 12.9. The highest BCUT2D eigenvalue weighted by Crippen LogP contribution is 2.31. The molecule has 1 amide bonds. The molecule has 2 atom stereocenters. The molecule has 0 radical (unpaired) electrons. The molecule has 1 saturated heterocycles. The number of sulfone groups is 1. The highest BCUT2D eigenvalue weighted by atomic mass is 32.2. The molecule has 298 valence electrons. The van der Waals surface area contributed by atoms with Crippen LogP contribution in [-0.4, -0.2) is 78.1 Å². The minimum absolute atomic E-state index is 0.0691. The zero-order valence-corrected chi connectivity index (χ0v) is 32.8. The summed E-state index contributed by atoms with van der Waals surface area (Å²) in [5, 5.41) is 27.4. The number of aromatic nitrogens is 1. The summed E-state index contributed by atoms with van der Waals surface area (Å²) in [5.41, 5.74) is 3.08. The van der Waals surface area contributed by atoms with Gasteiger partial charge in [0.2, 0.25) is 15.4 Å². The minimum Gasteiger partial charge on any atom is -0.506 e. The normalized spacial score (nSPS) is 16.9. The van der Waals surface area contributed by atoms with Crippen LogP contribution in [-0.2, 0) is 21.2 Å². The summed E-state index contributed by atoms with van der Waals surface area (Å²) in [6.45, 7) is 7.04. The Kier molecular flexibility index (Phi) is 12.5. The van der Waals surface area contributed by atoms with Crippen molar-refractivity contribution in [3.05, 3.63) is 136 Å². The third kappa shape index (κ3) is 9.63. The van der Waals surface area contributed by atoms with Crippen LogP contribution in [0.3, 0.4) is 0 Å². The molecule has 0 bridgehead atoms. The van der Waals surface area contributed by atoms with Gasteiger partial charge in [-0.15, -0.1) is 0 Å². The number of rotatable bonds is 14. The number of benzene rings is 4. The number of aliphatic hydroxyl groups is 1. The maximum Gasteiger partial charge on any atom is 0.251 e. The maximum atomic E-state index is 13.6. The molecule has 0 unspecified atom stereocenters. The van der Waals surface area contributed by atoms with E-state index < -0.39 is 21.8 Å². The zero-order valence-electron chi connectivity index (χ0n) is 31.9. The van der Waals surface area contributed by atoms with Crippen molar-refractivity contribution < 1.29 is 28.2 Å². The number of nitrogens with one attached hydrogen (secondary N) is 3. The number of hydrogen-bond acceptors (Lipinski definition) is 10. The van der Waals surface area contributed by atoms with Crippen molar-refractivity contribution in [2.45, 2.75) is 67.1 Å². The summed E-state index contributed by atoms with van der Waals surface area (Å²) in [7, 11) is -3.80. The van der Waals surface area contributed by atoms with Crippen LogP contribution >= 0.6 is 0 Å². The number of carbonyl (C=O) groups excluding carboxylic acids is 1. The van der Waals surface area contributed by atoms with Gasteiger partial charge in [-0.25, -0.2) is 8.42 Å². The van der Waals surface area contributed by atoms with Crippen LogP contribution in [0.15, 0.2) is 124 Å². The van der Waals surface area contributed by atoms with E-state index in [0.29, 0.717) is 23.2 Å². The fraction of sp³-hybridized carbons (Fsp3) is 0.318. The Balaban J connectivity index is 0.869. The number of phenols is 1. The molecule has 1 aromatic heterocycles. The predicted molar refractivity (Wildman–Crippen MR) is 220 cm³/mol. The lowest BCUT2D eigenvalue weighted by Gasteiger charge is -2.40. The fourth-order valence-corrected chi connectivity index (χ4v) is 9.12. The Labute approximate surface area is 332 Å². The van der Waals surface area contributed by atoms with Crippen molar-refractivity contribution in [1.29, 1.82) is 0 Å². The van der Waals surface area contributed by atoms with E-state index in [4.69, 9.17) is 4.74 Å². The molecule has 2 aliphatic rings. The molecule has 2 heterocycles. The van der Waals surface area contributed by atoms with Crippen molar-refractivity contribution in [2.24, 2.45) is 0 Å². The second-order valence-electron chi connectivity index (χ2n) is 14.8. The molecule has 2 fully saturated rings. The molecule has 1 aliphatic carbocycles. The summed E-state index contributed by atoms with van der Waals surface area (Å²) >= 11 is 0. The summed E-state index contributed by atoms with van der Waals surface area (Å²) < 4.78 is 32.7. The van der Waals surface area contributed by atoms with E-state index in [2.05, 4.69) is 32.3 Å². The minimum atomic E-state index is -3.80. The SMILES string of the molecule is C[C@@H](c1ccc(S(=O)(=O)c2cccc(OC=CC(=O)Nc3ccc(CNC[C@H](O)c4ccc(O)c5[nH]c(=O)ccc45)cc3)c2)cc1)N1CCN(C2CCCC2)CC1. The lowest BCUT2D eigenvalue weighted by molar-refractivity contribution is -0.112. The Bertz CT molecular complexity index is 2370. The number of hydrogen-bond donors (Lipinski definition) is 5. The van der Waals surface area contributed by atoms with Crippen LogP contribution in [0.2, 0.25) is 0 Å². The van der Waals surface area contributed by atoms with Gasteiger partial charge in [-0.2, -0.15) is 0 Å². The smallest absolute Gasteiger partial charge is 0.251 e. The summed E-state index contributed by atoms with van der Waals surface area (Å²) in [4.78, 5) is 32.3. The second-order valence-corrected chi connectivity index (χ2v) is 16.7. The molecule has 4 aromatic carbocycles. The van der Waals surface area contributed by atoms with Gasteiger partial charge in [0, 0.05) is 74.6 Å². The summed E-state index contributed by atoms with van der Waals surface area (Å²) in [6.07, 6.45) is 6.86. The average molecular weight is 792 g/mol. The van der Waals surface area contributed by atoms with Gasteiger partial charge in [-0.05, 0) is 91.1 Å². The predicted octanol–water partition coefficient (Wildman–Crippen LogP) is 6.04. The number of pyridine rings is 1. The number of phenolic OH excluding ortho intramolecular Hbond substituents is 1. The van der Waals surface area contributed by atoms with E-state index in [9.17, 15) is 28.2 Å². The number of aliphatic hydroxyl groups excluding tert-OH is 1. The molecule has 13 heteroatoms. The molecule has 12 nitrogen and oxygen atoms in total. The Hall–Kier alpha value is -5.31. The van der Waals surface area contributed by atoms with Gasteiger partial charge in [0.1, 0.15) is 11.5 Å². The molecule has 0 spiro atoms. The highest BCUT2D eigenvalue weighted by Gasteiger charge is 2.28. The van der Waals surface area contributed by atoms with Crippen LogP contribution in [0.1, 0.15) is 61.4 Å². The first-order valence-electron chi connectivity index (χ1n) is 19.5. The molecule has 5 N–H and O–H groups in total. The first-order valence-corrected chi connectivity index (χ1v) is 20.9. The number of amides is 1. The van der Waals surface area contributed by atoms with Crippen LogP contribution in [0.25, 0.3) is 10.9 Å². The molecular weight excluding hydrogens is 743 g/mol. The maximum absolute atomic E-state index is 13.6. The van der Waals surface area contributed by atoms with Gasteiger partial charge in [0.25, 0.3) is 5.91 Å². The average Bonchev–Trinajstić information content (AvgIpc) is 3.77. The summed E-state index contributed by atoms with van der Waals surface area (Å²) in [5.74, 6) is -0.224. The number of piperazine rings is 1. The molecule has 5 aromatic rings. The van der Waals surface area contributed by atoms with E-state index in [1.165, 1.54) is 62.3 Å². The van der Waals surface area contributed by atoms with Crippen LogP contribution in [0.5, 0.6) is 11.5 Å². The molecular formula is C44H49N5O7S. The summed E-state index contributed by atoms with van der Waals surface area (Å²) in [6, 6.07) is 27.5. The van der Waals surface area contributed by atoms with E-state index >= 15 is 0 Å². The number of H-pyrrole nitrogens is 1. The number of anilines is 1. The third-order valence-electron chi connectivity index (χ3n) is 11.1. The molecule has 57 heavy (non-hydrogen) atoms. The Morgan fingerprint density at radius 3 is 2.40 bits per heavy atom. The number of carbonyl (C=O) groups is 1. The fourth-order valence-electron chi connectivity index (χ4n) is 7.82. The van der Waals surface area contributed by atoms with E-state index in [1.807, 2.05) is 24.3 Å². The van der Waals surface area contributed by atoms with Crippen molar-refractivity contribution >= 4 is 32.3 Å². The van der Waals surface area contributed by atoms with Crippen molar-refractivity contribution in [2.75, 3.05) is 38.0 Å². The number of fused-ring (bicyclic) bond motifs is 1. The Morgan fingerprint density at radius 1 is 0.930 bits per heavy atom. The monoisotopic (exact) mass is 791 g/mol.